The van der Waals surface area contributed by atoms with Crippen LogP contribution in [0.5, 0.6) is 0 Å². The fraction of sp³-hybridized carbons (Fsp3) is 0.125. The average molecular weight is 285 g/mol. The SMILES string of the molecule is C(=C1CNCS1)c1ccc(Sc2ccccc2)cc1. The van der Waals surface area contributed by atoms with Crippen molar-refractivity contribution in [3.05, 3.63) is 65.1 Å². The maximum Gasteiger partial charge on any atom is 0.0465 e. The van der Waals surface area contributed by atoms with Crippen molar-refractivity contribution in [2.24, 2.45) is 0 Å². The van der Waals surface area contributed by atoms with Crippen molar-refractivity contribution in [3.63, 3.8) is 0 Å². The Morgan fingerprint density at radius 1 is 0.947 bits per heavy atom. The van der Waals surface area contributed by atoms with Crippen LogP contribution in [0.4, 0.5) is 0 Å². The van der Waals surface area contributed by atoms with E-state index < -0.39 is 0 Å². The van der Waals surface area contributed by atoms with Crippen molar-refractivity contribution in [1.82, 2.24) is 5.32 Å². The van der Waals surface area contributed by atoms with Gasteiger partial charge < -0.3 is 5.32 Å². The molecular formula is C16H15NS2. The van der Waals surface area contributed by atoms with E-state index >= 15 is 0 Å². The van der Waals surface area contributed by atoms with Crippen molar-refractivity contribution >= 4 is 29.6 Å². The number of hydrogen-bond donors (Lipinski definition) is 1. The topological polar surface area (TPSA) is 12.0 Å². The molecule has 1 nitrogen and oxygen atoms in total. The van der Waals surface area contributed by atoms with Gasteiger partial charge in [0.25, 0.3) is 0 Å². The summed E-state index contributed by atoms with van der Waals surface area (Å²) in [5.41, 5.74) is 1.28. The molecule has 0 spiro atoms. The molecule has 2 aromatic rings. The van der Waals surface area contributed by atoms with E-state index in [1.165, 1.54) is 20.3 Å². The Hall–Kier alpha value is -1.16. The molecule has 1 fully saturated rings. The van der Waals surface area contributed by atoms with Gasteiger partial charge in [-0.2, -0.15) is 0 Å². The van der Waals surface area contributed by atoms with Crippen molar-refractivity contribution in [2.45, 2.75) is 9.79 Å². The summed E-state index contributed by atoms with van der Waals surface area (Å²) in [6.07, 6.45) is 2.27. The second-order valence-electron chi connectivity index (χ2n) is 4.31. The van der Waals surface area contributed by atoms with Gasteiger partial charge in [-0.15, -0.1) is 11.8 Å². The first-order valence-corrected chi connectivity index (χ1v) is 8.07. The summed E-state index contributed by atoms with van der Waals surface area (Å²) in [6.45, 7) is 1.01. The van der Waals surface area contributed by atoms with Crippen LogP contribution in [-0.4, -0.2) is 12.4 Å². The fourth-order valence-corrected chi connectivity index (χ4v) is 3.55. The lowest BCUT2D eigenvalue weighted by atomic mass is 10.2. The predicted octanol–water partition coefficient (Wildman–Crippen LogP) is 4.47. The second-order valence-corrected chi connectivity index (χ2v) is 6.56. The number of benzene rings is 2. The first-order valence-electron chi connectivity index (χ1n) is 6.27. The molecule has 3 rings (SSSR count). The summed E-state index contributed by atoms with van der Waals surface area (Å²) in [5.74, 6) is 1.04. The molecule has 2 aromatic carbocycles. The molecule has 1 N–H and O–H groups in total. The summed E-state index contributed by atoms with van der Waals surface area (Å²) in [5, 5.41) is 3.33. The predicted molar refractivity (Wildman–Crippen MR) is 85.4 cm³/mol. The third-order valence-electron chi connectivity index (χ3n) is 2.85. The molecule has 0 aliphatic carbocycles. The van der Waals surface area contributed by atoms with Crippen LogP contribution >= 0.6 is 23.5 Å². The third kappa shape index (κ3) is 3.66. The van der Waals surface area contributed by atoms with E-state index in [-0.39, 0.29) is 0 Å². The third-order valence-corrected chi connectivity index (χ3v) is 4.84. The zero-order valence-electron chi connectivity index (χ0n) is 10.5. The average Bonchev–Trinajstić information content (AvgIpc) is 2.95. The first kappa shape index (κ1) is 12.9. The highest BCUT2D eigenvalue weighted by molar-refractivity contribution is 8.03. The van der Waals surface area contributed by atoms with Crippen molar-refractivity contribution in [2.75, 3.05) is 12.4 Å². The van der Waals surface area contributed by atoms with Gasteiger partial charge in [-0.1, -0.05) is 42.1 Å². The molecular weight excluding hydrogens is 270 g/mol. The molecule has 0 saturated carbocycles. The minimum absolute atomic E-state index is 1.01. The van der Waals surface area contributed by atoms with E-state index in [4.69, 9.17) is 0 Å². The highest BCUT2D eigenvalue weighted by atomic mass is 32.2. The monoisotopic (exact) mass is 285 g/mol. The van der Waals surface area contributed by atoms with Crippen molar-refractivity contribution < 1.29 is 0 Å². The largest absolute Gasteiger partial charge is 0.303 e. The Balaban J connectivity index is 1.70. The van der Waals surface area contributed by atoms with Crippen LogP contribution in [0.25, 0.3) is 6.08 Å². The summed E-state index contributed by atoms with van der Waals surface area (Å²) in [7, 11) is 0. The maximum absolute atomic E-state index is 3.33. The van der Waals surface area contributed by atoms with Crippen molar-refractivity contribution in [3.8, 4) is 0 Å². The molecule has 0 amide bonds. The molecule has 1 aliphatic rings. The maximum atomic E-state index is 3.33. The lowest BCUT2D eigenvalue weighted by Gasteiger charge is -2.02. The molecule has 3 heteroatoms. The summed E-state index contributed by atoms with van der Waals surface area (Å²) in [4.78, 5) is 3.98. The molecule has 0 aromatic heterocycles. The van der Waals surface area contributed by atoms with Gasteiger partial charge in [-0.25, -0.2) is 0 Å². The van der Waals surface area contributed by atoms with Gasteiger partial charge in [0.15, 0.2) is 0 Å². The smallest absolute Gasteiger partial charge is 0.0465 e. The lowest BCUT2D eigenvalue weighted by molar-refractivity contribution is 0.916. The Labute approximate surface area is 122 Å². The Morgan fingerprint density at radius 3 is 2.37 bits per heavy atom. The summed E-state index contributed by atoms with van der Waals surface area (Å²) < 4.78 is 0. The second kappa shape index (κ2) is 6.33. The molecule has 19 heavy (non-hydrogen) atoms. The summed E-state index contributed by atoms with van der Waals surface area (Å²) >= 11 is 3.69. The van der Waals surface area contributed by atoms with Gasteiger partial charge in [0.1, 0.15) is 0 Å². The van der Waals surface area contributed by atoms with Gasteiger partial charge in [0.2, 0.25) is 0 Å². The minimum atomic E-state index is 1.01. The number of rotatable bonds is 3. The zero-order valence-corrected chi connectivity index (χ0v) is 12.1. The van der Waals surface area contributed by atoms with Crippen LogP contribution < -0.4 is 5.32 Å². The highest BCUT2D eigenvalue weighted by Crippen LogP contribution is 2.28. The Kier molecular flexibility index (Phi) is 4.28. The van der Waals surface area contributed by atoms with E-state index in [0.717, 1.165) is 12.4 Å². The molecule has 96 valence electrons. The zero-order chi connectivity index (χ0) is 12.9. The number of thioether (sulfide) groups is 1. The molecule has 1 saturated heterocycles. The number of hydrogen-bond acceptors (Lipinski definition) is 3. The van der Waals surface area contributed by atoms with Gasteiger partial charge in [-0.3, -0.25) is 0 Å². The highest BCUT2D eigenvalue weighted by Gasteiger charge is 2.05. The normalized spacial score (nSPS) is 16.9. The first-order chi connectivity index (χ1) is 9.40. The summed E-state index contributed by atoms with van der Waals surface area (Å²) in [6, 6.07) is 19.2. The molecule has 0 atom stereocenters. The Bertz CT molecular complexity index is 553. The standard InChI is InChI=1S/C16H15NS2/c1-2-4-14(5-3-1)19-15-8-6-13(7-9-15)10-16-11-17-12-18-16/h1-10,17H,11-12H2. The molecule has 1 heterocycles. The van der Waals surface area contributed by atoms with Crippen LogP contribution in [-0.2, 0) is 0 Å². The van der Waals surface area contributed by atoms with Gasteiger partial charge in [0.05, 0.1) is 0 Å². The van der Waals surface area contributed by atoms with Gasteiger partial charge >= 0.3 is 0 Å². The van der Waals surface area contributed by atoms with Crippen LogP contribution in [0, 0.1) is 0 Å². The molecule has 0 bridgehead atoms. The van der Waals surface area contributed by atoms with Crippen LogP contribution in [0.3, 0.4) is 0 Å². The lowest BCUT2D eigenvalue weighted by Crippen LogP contribution is -2.04. The molecule has 0 unspecified atom stereocenters. The van der Waals surface area contributed by atoms with E-state index in [1.807, 2.05) is 17.8 Å². The molecule has 1 aliphatic heterocycles. The van der Waals surface area contributed by atoms with Crippen LogP contribution in [0.1, 0.15) is 5.56 Å². The fourth-order valence-electron chi connectivity index (χ4n) is 1.90. The van der Waals surface area contributed by atoms with Crippen LogP contribution in [0.2, 0.25) is 0 Å². The number of nitrogens with one attached hydrogen (secondary N) is 1. The van der Waals surface area contributed by atoms with E-state index in [2.05, 4.69) is 59.9 Å². The van der Waals surface area contributed by atoms with Crippen molar-refractivity contribution in [1.29, 1.82) is 0 Å². The Morgan fingerprint density at radius 2 is 1.68 bits per heavy atom. The quantitative estimate of drug-likeness (QED) is 0.893. The van der Waals surface area contributed by atoms with E-state index in [0.29, 0.717) is 0 Å². The minimum Gasteiger partial charge on any atom is -0.303 e. The van der Waals surface area contributed by atoms with Gasteiger partial charge in [0, 0.05) is 27.1 Å². The van der Waals surface area contributed by atoms with E-state index in [9.17, 15) is 0 Å². The van der Waals surface area contributed by atoms with E-state index in [1.54, 1.807) is 11.8 Å². The van der Waals surface area contributed by atoms with Gasteiger partial charge in [-0.05, 0) is 35.9 Å². The van der Waals surface area contributed by atoms with Crippen LogP contribution in [0.15, 0.2) is 69.3 Å². The molecule has 0 radical (unpaired) electrons.